The standard InChI is InChI=1S/C9H11N/c1-4-9(7-10)6-5-8(2)3/h4-6H,1H2,2-3H3. The van der Waals surface area contributed by atoms with Crippen molar-refractivity contribution in [2.24, 2.45) is 0 Å². The quantitative estimate of drug-likeness (QED) is 0.419. The molecule has 0 spiro atoms. The van der Waals surface area contributed by atoms with Crippen LogP contribution in [0.4, 0.5) is 0 Å². The molecule has 0 rings (SSSR count). The summed E-state index contributed by atoms with van der Waals surface area (Å²) >= 11 is 0. The zero-order valence-electron chi connectivity index (χ0n) is 6.39. The molecule has 10 heavy (non-hydrogen) atoms. The summed E-state index contributed by atoms with van der Waals surface area (Å²) in [6.07, 6.45) is 5.18. The monoisotopic (exact) mass is 133 g/mol. The molecule has 0 radical (unpaired) electrons. The summed E-state index contributed by atoms with van der Waals surface area (Å²) < 4.78 is 0. The van der Waals surface area contributed by atoms with Crippen molar-refractivity contribution in [2.45, 2.75) is 13.8 Å². The molecule has 0 aromatic carbocycles. The summed E-state index contributed by atoms with van der Waals surface area (Å²) in [6.45, 7) is 7.45. The number of hydrogen-bond donors (Lipinski definition) is 0. The Balaban J connectivity index is 4.31. The van der Waals surface area contributed by atoms with Gasteiger partial charge in [-0.2, -0.15) is 5.26 Å². The van der Waals surface area contributed by atoms with Crippen LogP contribution >= 0.6 is 0 Å². The number of hydrogen-bond acceptors (Lipinski definition) is 1. The molecule has 0 aliphatic heterocycles. The van der Waals surface area contributed by atoms with Gasteiger partial charge in [0.25, 0.3) is 0 Å². The van der Waals surface area contributed by atoms with Crippen LogP contribution in [0.15, 0.2) is 36.0 Å². The van der Waals surface area contributed by atoms with E-state index in [1.165, 1.54) is 5.57 Å². The molecule has 0 saturated carbocycles. The highest BCUT2D eigenvalue weighted by Gasteiger charge is 1.81. The maximum absolute atomic E-state index is 8.42. The van der Waals surface area contributed by atoms with Crippen LogP contribution in [0.2, 0.25) is 0 Å². The van der Waals surface area contributed by atoms with Crippen LogP contribution in [0.5, 0.6) is 0 Å². The molecule has 52 valence electrons. The fourth-order valence-corrected chi connectivity index (χ4v) is 0.407. The van der Waals surface area contributed by atoms with Crippen molar-refractivity contribution in [3.8, 4) is 6.07 Å². The van der Waals surface area contributed by atoms with Gasteiger partial charge in [0.2, 0.25) is 0 Å². The minimum absolute atomic E-state index is 0.598. The van der Waals surface area contributed by atoms with E-state index in [4.69, 9.17) is 5.26 Å². The van der Waals surface area contributed by atoms with Crippen molar-refractivity contribution in [1.82, 2.24) is 0 Å². The van der Waals surface area contributed by atoms with Gasteiger partial charge in [-0.25, -0.2) is 0 Å². The van der Waals surface area contributed by atoms with E-state index in [-0.39, 0.29) is 0 Å². The average Bonchev–Trinajstić information content (AvgIpc) is 1.90. The van der Waals surface area contributed by atoms with Crippen molar-refractivity contribution in [3.05, 3.63) is 36.0 Å². The van der Waals surface area contributed by atoms with Crippen molar-refractivity contribution < 1.29 is 0 Å². The zero-order chi connectivity index (χ0) is 7.98. The largest absolute Gasteiger partial charge is 0.192 e. The lowest BCUT2D eigenvalue weighted by atomic mass is 10.2. The van der Waals surface area contributed by atoms with E-state index >= 15 is 0 Å². The van der Waals surface area contributed by atoms with E-state index in [1.54, 1.807) is 12.2 Å². The predicted molar refractivity (Wildman–Crippen MR) is 43.3 cm³/mol. The molecule has 0 atom stereocenters. The van der Waals surface area contributed by atoms with Gasteiger partial charge in [-0.3, -0.25) is 0 Å². The number of rotatable bonds is 2. The molecule has 0 N–H and O–H groups in total. The van der Waals surface area contributed by atoms with Crippen LogP contribution in [0.1, 0.15) is 13.8 Å². The average molecular weight is 133 g/mol. The van der Waals surface area contributed by atoms with Crippen molar-refractivity contribution in [3.63, 3.8) is 0 Å². The van der Waals surface area contributed by atoms with E-state index in [1.807, 2.05) is 26.0 Å². The van der Waals surface area contributed by atoms with Crippen molar-refractivity contribution in [2.75, 3.05) is 0 Å². The van der Waals surface area contributed by atoms with Gasteiger partial charge in [0.15, 0.2) is 0 Å². The molecule has 0 aromatic rings. The molecule has 0 fully saturated rings. The molecule has 1 nitrogen and oxygen atoms in total. The van der Waals surface area contributed by atoms with Gasteiger partial charge in [-0.05, 0) is 19.9 Å². The summed E-state index contributed by atoms with van der Waals surface area (Å²) in [5.74, 6) is 0. The molecule has 0 aliphatic rings. The Labute approximate surface area is 62.0 Å². The zero-order valence-corrected chi connectivity index (χ0v) is 6.39. The minimum Gasteiger partial charge on any atom is -0.192 e. The highest BCUT2D eigenvalue weighted by atomic mass is 14.2. The van der Waals surface area contributed by atoms with E-state index in [9.17, 15) is 0 Å². The summed E-state index contributed by atoms with van der Waals surface area (Å²) in [5.41, 5.74) is 1.77. The summed E-state index contributed by atoms with van der Waals surface area (Å²) in [7, 11) is 0. The maximum atomic E-state index is 8.42. The second-order valence-electron chi connectivity index (χ2n) is 2.18. The smallest absolute Gasteiger partial charge is 0.0991 e. The number of nitrogens with zero attached hydrogens (tertiary/aromatic N) is 1. The van der Waals surface area contributed by atoms with Gasteiger partial charge >= 0.3 is 0 Å². The number of nitriles is 1. The first-order valence-electron chi connectivity index (χ1n) is 3.08. The van der Waals surface area contributed by atoms with E-state index in [0.29, 0.717) is 5.57 Å². The Morgan fingerprint density at radius 3 is 2.30 bits per heavy atom. The Morgan fingerprint density at radius 1 is 1.40 bits per heavy atom. The van der Waals surface area contributed by atoms with Crippen LogP contribution in [-0.2, 0) is 0 Å². The van der Waals surface area contributed by atoms with E-state index < -0.39 is 0 Å². The Kier molecular flexibility index (Phi) is 3.99. The van der Waals surface area contributed by atoms with Gasteiger partial charge in [0, 0.05) is 0 Å². The third-order valence-electron chi connectivity index (χ3n) is 0.945. The topological polar surface area (TPSA) is 23.8 Å². The highest BCUT2D eigenvalue weighted by molar-refractivity contribution is 5.35. The summed E-state index contributed by atoms with van der Waals surface area (Å²) in [6, 6.07) is 2.01. The molecule has 1 heteroatoms. The minimum atomic E-state index is 0.598. The fraction of sp³-hybridized carbons (Fsp3) is 0.222. The van der Waals surface area contributed by atoms with E-state index in [0.717, 1.165) is 0 Å². The molecular weight excluding hydrogens is 122 g/mol. The molecule has 0 heterocycles. The predicted octanol–water partition coefficient (Wildman–Crippen LogP) is 2.59. The lowest BCUT2D eigenvalue weighted by molar-refractivity contribution is 1.39. The molecule has 0 saturated heterocycles. The Hall–Kier alpha value is -1.29. The van der Waals surface area contributed by atoms with Gasteiger partial charge < -0.3 is 0 Å². The highest BCUT2D eigenvalue weighted by Crippen LogP contribution is 1.96. The molecule has 0 amide bonds. The van der Waals surface area contributed by atoms with Gasteiger partial charge in [-0.15, -0.1) is 0 Å². The maximum Gasteiger partial charge on any atom is 0.0991 e. The van der Waals surface area contributed by atoms with E-state index in [2.05, 4.69) is 6.58 Å². The first kappa shape index (κ1) is 8.71. The third kappa shape index (κ3) is 3.68. The number of allylic oxidation sites excluding steroid dienone is 5. The van der Waals surface area contributed by atoms with Crippen LogP contribution in [0, 0.1) is 11.3 Å². The second-order valence-corrected chi connectivity index (χ2v) is 2.18. The van der Waals surface area contributed by atoms with Crippen LogP contribution in [0.3, 0.4) is 0 Å². The van der Waals surface area contributed by atoms with Crippen molar-refractivity contribution in [1.29, 1.82) is 5.26 Å². The molecular formula is C9H11N. The molecule has 0 aliphatic carbocycles. The third-order valence-corrected chi connectivity index (χ3v) is 0.945. The van der Waals surface area contributed by atoms with Crippen LogP contribution in [0.25, 0.3) is 0 Å². The molecule has 0 aromatic heterocycles. The molecule has 0 bridgehead atoms. The van der Waals surface area contributed by atoms with Gasteiger partial charge in [-0.1, -0.05) is 24.3 Å². The lowest BCUT2D eigenvalue weighted by Crippen LogP contribution is -1.68. The van der Waals surface area contributed by atoms with Crippen LogP contribution < -0.4 is 0 Å². The normalized spacial score (nSPS) is 9.90. The van der Waals surface area contributed by atoms with Crippen molar-refractivity contribution >= 4 is 0 Å². The fourth-order valence-electron chi connectivity index (χ4n) is 0.407. The summed E-state index contributed by atoms with van der Waals surface area (Å²) in [5, 5.41) is 8.42. The SMILES string of the molecule is C=CC(C#N)=CC=C(C)C. The lowest BCUT2D eigenvalue weighted by Gasteiger charge is -1.83. The Bertz CT molecular complexity index is 209. The van der Waals surface area contributed by atoms with Gasteiger partial charge in [0.1, 0.15) is 0 Å². The van der Waals surface area contributed by atoms with Crippen LogP contribution in [-0.4, -0.2) is 0 Å². The molecule has 0 unspecified atom stereocenters. The van der Waals surface area contributed by atoms with Gasteiger partial charge in [0.05, 0.1) is 11.6 Å². The Morgan fingerprint density at radius 2 is 2.00 bits per heavy atom. The first-order chi connectivity index (χ1) is 4.70. The second kappa shape index (κ2) is 4.58. The summed E-state index contributed by atoms with van der Waals surface area (Å²) in [4.78, 5) is 0. The first-order valence-corrected chi connectivity index (χ1v) is 3.08.